The van der Waals surface area contributed by atoms with Crippen molar-refractivity contribution < 1.29 is 4.39 Å². The lowest BCUT2D eigenvalue weighted by Crippen LogP contribution is -2.48. The second-order valence-corrected chi connectivity index (χ2v) is 9.19. The molecule has 0 spiro atoms. The van der Waals surface area contributed by atoms with Crippen LogP contribution in [0.25, 0.3) is 0 Å². The van der Waals surface area contributed by atoms with Crippen LogP contribution < -0.4 is 4.90 Å². The minimum atomic E-state index is -0.240. The molecule has 2 heterocycles. The van der Waals surface area contributed by atoms with E-state index in [2.05, 4.69) is 69.5 Å². The highest BCUT2D eigenvalue weighted by Gasteiger charge is 2.31. The van der Waals surface area contributed by atoms with Crippen molar-refractivity contribution in [3.8, 4) is 0 Å². The van der Waals surface area contributed by atoms with Gasteiger partial charge in [0.25, 0.3) is 0 Å². The highest BCUT2D eigenvalue weighted by molar-refractivity contribution is 5.56. The predicted octanol–water partition coefficient (Wildman–Crippen LogP) is 4.58. The van der Waals surface area contributed by atoms with E-state index in [0.29, 0.717) is 6.54 Å². The zero-order chi connectivity index (χ0) is 24.2. The van der Waals surface area contributed by atoms with Gasteiger partial charge in [0, 0.05) is 38.4 Å². The molecular formula is C28H31FN6. The fourth-order valence-electron chi connectivity index (χ4n) is 4.91. The molecule has 5 rings (SSSR count). The summed E-state index contributed by atoms with van der Waals surface area (Å²) in [7, 11) is 0. The van der Waals surface area contributed by atoms with Gasteiger partial charge in [-0.2, -0.15) is 0 Å². The highest BCUT2D eigenvalue weighted by atomic mass is 19.1. The minimum Gasteiger partial charge on any atom is -0.369 e. The van der Waals surface area contributed by atoms with E-state index in [0.717, 1.165) is 44.0 Å². The Labute approximate surface area is 206 Å². The van der Waals surface area contributed by atoms with Crippen LogP contribution in [-0.4, -0.2) is 51.3 Å². The molecule has 180 valence electrons. The topological polar surface area (TPSA) is 50.1 Å². The molecule has 1 aliphatic heterocycles. The molecule has 6 nitrogen and oxygen atoms in total. The van der Waals surface area contributed by atoms with Crippen molar-refractivity contribution in [1.82, 2.24) is 25.1 Å². The summed E-state index contributed by atoms with van der Waals surface area (Å²) >= 11 is 0. The Morgan fingerprint density at radius 3 is 2.34 bits per heavy atom. The van der Waals surface area contributed by atoms with E-state index < -0.39 is 0 Å². The number of nitrogens with zero attached hydrogens (tertiary/aromatic N) is 6. The van der Waals surface area contributed by atoms with Gasteiger partial charge in [-0.3, -0.25) is 4.90 Å². The van der Waals surface area contributed by atoms with Crippen LogP contribution in [0.4, 0.5) is 10.1 Å². The maximum absolute atomic E-state index is 13.8. The van der Waals surface area contributed by atoms with Crippen LogP contribution in [0.15, 0.2) is 72.8 Å². The summed E-state index contributed by atoms with van der Waals surface area (Å²) in [6.45, 7) is 8.59. The molecule has 0 unspecified atom stereocenters. The summed E-state index contributed by atoms with van der Waals surface area (Å²) in [5.74, 6) is 0.559. The number of hydrogen-bond acceptors (Lipinski definition) is 5. The van der Waals surface area contributed by atoms with E-state index >= 15 is 0 Å². The molecule has 1 fully saturated rings. The largest absolute Gasteiger partial charge is 0.369 e. The van der Waals surface area contributed by atoms with Gasteiger partial charge >= 0.3 is 0 Å². The smallest absolute Gasteiger partial charge is 0.173 e. The lowest BCUT2D eigenvalue weighted by atomic mass is 10.0. The Bertz CT molecular complexity index is 1250. The highest BCUT2D eigenvalue weighted by Crippen LogP contribution is 2.30. The Kier molecular flexibility index (Phi) is 6.86. The minimum absolute atomic E-state index is 0.137. The van der Waals surface area contributed by atoms with Crippen molar-refractivity contribution in [2.24, 2.45) is 0 Å². The van der Waals surface area contributed by atoms with Gasteiger partial charge in [-0.25, -0.2) is 9.07 Å². The lowest BCUT2D eigenvalue weighted by Gasteiger charge is -2.40. The normalized spacial score (nSPS) is 15.3. The molecule has 1 aliphatic rings. The quantitative estimate of drug-likeness (QED) is 0.396. The summed E-state index contributed by atoms with van der Waals surface area (Å²) in [5, 5.41) is 12.8. The molecule has 0 N–H and O–H groups in total. The molecule has 0 radical (unpaired) electrons. The summed E-state index contributed by atoms with van der Waals surface area (Å²) in [5.41, 5.74) is 6.19. The first-order valence-corrected chi connectivity index (χ1v) is 12.2. The second kappa shape index (κ2) is 10.4. The molecule has 0 amide bonds. The Morgan fingerprint density at radius 1 is 0.857 bits per heavy atom. The van der Waals surface area contributed by atoms with Crippen molar-refractivity contribution in [1.29, 1.82) is 0 Å². The number of benzene rings is 3. The average Bonchev–Trinajstić information content (AvgIpc) is 3.35. The first-order valence-electron chi connectivity index (χ1n) is 12.2. The molecule has 0 bridgehead atoms. The number of halogens is 1. The maximum Gasteiger partial charge on any atom is 0.173 e. The molecule has 0 aliphatic carbocycles. The first kappa shape index (κ1) is 23.2. The zero-order valence-electron chi connectivity index (χ0n) is 20.3. The lowest BCUT2D eigenvalue weighted by molar-refractivity contribution is 0.200. The van der Waals surface area contributed by atoms with Gasteiger partial charge in [-0.15, -0.1) is 5.10 Å². The number of tetrazole rings is 1. The van der Waals surface area contributed by atoms with Crippen LogP contribution in [0.1, 0.15) is 34.1 Å². The number of anilines is 1. The van der Waals surface area contributed by atoms with Gasteiger partial charge in [-0.05, 0) is 71.1 Å². The molecule has 1 atom stereocenters. The third kappa shape index (κ3) is 5.10. The number of aryl methyl sites for hydroxylation is 3. The third-order valence-corrected chi connectivity index (χ3v) is 7.04. The Balaban J connectivity index is 1.39. The first-order chi connectivity index (χ1) is 17.1. The summed E-state index contributed by atoms with van der Waals surface area (Å²) in [6.07, 6.45) is 0.843. The third-order valence-electron chi connectivity index (χ3n) is 7.04. The molecular weight excluding hydrogens is 439 g/mol. The van der Waals surface area contributed by atoms with Crippen LogP contribution in [-0.2, 0) is 13.0 Å². The van der Waals surface area contributed by atoms with Gasteiger partial charge in [0.1, 0.15) is 5.82 Å². The van der Waals surface area contributed by atoms with Crippen molar-refractivity contribution in [3.63, 3.8) is 0 Å². The molecule has 7 heteroatoms. The molecule has 1 saturated heterocycles. The number of rotatable bonds is 7. The van der Waals surface area contributed by atoms with Crippen LogP contribution >= 0.6 is 0 Å². The van der Waals surface area contributed by atoms with Gasteiger partial charge in [0.05, 0.1) is 6.04 Å². The van der Waals surface area contributed by atoms with Gasteiger partial charge in [0.2, 0.25) is 0 Å². The predicted molar refractivity (Wildman–Crippen MR) is 136 cm³/mol. The van der Waals surface area contributed by atoms with E-state index in [1.807, 2.05) is 35.0 Å². The molecule has 3 aromatic carbocycles. The molecule has 35 heavy (non-hydrogen) atoms. The Hall–Kier alpha value is -3.58. The van der Waals surface area contributed by atoms with E-state index in [1.54, 1.807) is 0 Å². The SMILES string of the molecule is Cc1cccc(N2CCN([C@@H](c3ccc(F)cc3)c3nnnn3CCc3ccccc3)CC2)c1C. The van der Waals surface area contributed by atoms with Crippen molar-refractivity contribution in [2.75, 3.05) is 31.1 Å². The van der Waals surface area contributed by atoms with Crippen LogP contribution in [0.5, 0.6) is 0 Å². The van der Waals surface area contributed by atoms with E-state index in [9.17, 15) is 4.39 Å². The second-order valence-electron chi connectivity index (χ2n) is 9.19. The van der Waals surface area contributed by atoms with Crippen LogP contribution in [0.2, 0.25) is 0 Å². The monoisotopic (exact) mass is 470 g/mol. The van der Waals surface area contributed by atoms with Gasteiger partial charge in [-0.1, -0.05) is 54.6 Å². The van der Waals surface area contributed by atoms with Crippen LogP contribution in [0, 0.1) is 19.7 Å². The standard InChI is InChI=1S/C28H31FN6/c1-21-7-6-10-26(22(21)2)33-17-19-34(20-18-33)27(24-11-13-25(29)14-12-24)28-30-31-32-35(28)16-15-23-8-4-3-5-9-23/h3-14,27H,15-20H2,1-2H3/t27-/m0/s1. The van der Waals surface area contributed by atoms with Crippen molar-refractivity contribution in [3.05, 3.63) is 107 Å². The van der Waals surface area contributed by atoms with E-state index in [1.165, 1.54) is 34.5 Å². The van der Waals surface area contributed by atoms with Gasteiger partial charge < -0.3 is 4.90 Å². The molecule has 4 aromatic rings. The summed E-state index contributed by atoms with van der Waals surface area (Å²) in [4.78, 5) is 4.87. The molecule has 1 aromatic heterocycles. The summed E-state index contributed by atoms with van der Waals surface area (Å²) < 4.78 is 15.7. The fourth-order valence-corrected chi connectivity index (χ4v) is 4.91. The number of aromatic nitrogens is 4. The van der Waals surface area contributed by atoms with E-state index in [4.69, 9.17) is 0 Å². The van der Waals surface area contributed by atoms with Crippen molar-refractivity contribution in [2.45, 2.75) is 32.9 Å². The van der Waals surface area contributed by atoms with Gasteiger partial charge in [0.15, 0.2) is 5.82 Å². The summed E-state index contributed by atoms with van der Waals surface area (Å²) in [6, 6.07) is 23.5. The zero-order valence-corrected chi connectivity index (χ0v) is 20.3. The number of piperazine rings is 1. The Morgan fingerprint density at radius 2 is 1.60 bits per heavy atom. The number of hydrogen-bond donors (Lipinski definition) is 0. The van der Waals surface area contributed by atoms with Crippen molar-refractivity contribution >= 4 is 5.69 Å². The fraction of sp³-hybridized carbons (Fsp3) is 0.321. The van der Waals surface area contributed by atoms with E-state index in [-0.39, 0.29) is 11.9 Å². The maximum atomic E-state index is 13.8. The molecule has 0 saturated carbocycles. The van der Waals surface area contributed by atoms with Crippen LogP contribution in [0.3, 0.4) is 0 Å². The average molecular weight is 471 g/mol.